The first-order valence-corrected chi connectivity index (χ1v) is 9.05. The van der Waals surface area contributed by atoms with Crippen LogP contribution in [0.15, 0.2) is 66.7 Å². The molecule has 3 aromatic carbocycles. The van der Waals surface area contributed by atoms with Crippen molar-refractivity contribution in [2.75, 3.05) is 13.6 Å². The van der Waals surface area contributed by atoms with E-state index in [2.05, 4.69) is 92.5 Å². The van der Waals surface area contributed by atoms with E-state index in [4.69, 9.17) is 4.74 Å². The molecule has 0 aliphatic rings. The van der Waals surface area contributed by atoms with Crippen molar-refractivity contribution in [3.63, 3.8) is 0 Å². The molecule has 0 N–H and O–H groups in total. The molecule has 0 fully saturated rings. The number of ether oxygens (including phenoxy) is 1. The van der Waals surface area contributed by atoms with Gasteiger partial charge in [-0.1, -0.05) is 55.5 Å². The zero-order chi connectivity index (χ0) is 17.6. The number of fused-ring (bicyclic) bond motifs is 1. The maximum Gasteiger partial charge on any atom is 0.119 e. The quantitative estimate of drug-likeness (QED) is 0.581. The predicted octanol–water partition coefficient (Wildman–Crippen LogP) is 5.30. The number of nitrogens with zero attached hydrogens (tertiary/aromatic N) is 1. The number of rotatable bonds is 7. The Morgan fingerprint density at radius 2 is 1.56 bits per heavy atom. The minimum atomic E-state index is 0.550. The zero-order valence-electron chi connectivity index (χ0n) is 15.4. The minimum absolute atomic E-state index is 0.550. The number of benzene rings is 3. The predicted molar refractivity (Wildman–Crippen MR) is 106 cm³/mol. The lowest BCUT2D eigenvalue weighted by atomic mass is 10.1. The molecular weight excluding hydrogens is 306 g/mol. The van der Waals surface area contributed by atoms with E-state index in [0.29, 0.717) is 12.6 Å². The lowest BCUT2D eigenvalue weighted by Gasteiger charge is -2.23. The first-order valence-electron chi connectivity index (χ1n) is 9.05. The van der Waals surface area contributed by atoms with Crippen LogP contribution in [0.2, 0.25) is 0 Å². The van der Waals surface area contributed by atoms with Gasteiger partial charge < -0.3 is 9.64 Å². The third-order valence-electron chi connectivity index (χ3n) is 4.93. The highest BCUT2D eigenvalue weighted by Gasteiger charge is 2.08. The van der Waals surface area contributed by atoms with Crippen LogP contribution in [0.3, 0.4) is 0 Å². The third-order valence-corrected chi connectivity index (χ3v) is 4.93. The Labute approximate surface area is 151 Å². The average Bonchev–Trinajstić information content (AvgIpc) is 2.66. The molecule has 0 bridgehead atoms. The fourth-order valence-corrected chi connectivity index (χ4v) is 3.03. The highest BCUT2D eigenvalue weighted by atomic mass is 16.5. The molecule has 0 spiro atoms. The van der Waals surface area contributed by atoms with Crippen molar-refractivity contribution in [1.82, 2.24) is 4.90 Å². The molecule has 25 heavy (non-hydrogen) atoms. The van der Waals surface area contributed by atoms with E-state index >= 15 is 0 Å². The highest BCUT2D eigenvalue weighted by molar-refractivity contribution is 5.82. The van der Waals surface area contributed by atoms with Crippen LogP contribution < -0.4 is 4.74 Å². The van der Waals surface area contributed by atoms with E-state index in [1.54, 1.807) is 0 Å². The van der Waals surface area contributed by atoms with Crippen LogP contribution >= 0.6 is 0 Å². The van der Waals surface area contributed by atoms with Gasteiger partial charge in [-0.05, 0) is 67.0 Å². The Kier molecular flexibility index (Phi) is 5.72. The van der Waals surface area contributed by atoms with E-state index in [1.165, 1.54) is 21.9 Å². The topological polar surface area (TPSA) is 12.5 Å². The van der Waals surface area contributed by atoms with E-state index in [-0.39, 0.29) is 0 Å². The van der Waals surface area contributed by atoms with Crippen molar-refractivity contribution >= 4 is 10.8 Å². The van der Waals surface area contributed by atoms with Gasteiger partial charge in [0, 0.05) is 6.04 Å². The summed E-state index contributed by atoms with van der Waals surface area (Å²) >= 11 is 0. The van der Waals surface area contributed by atoms with Gasteiger partial charge in [-0.15, -0.1) is 0 Å². The second-order valence-corrected chi connectivity index (χ2v) is 6.74. The van der Waals surface area contributed by atoms with Gasteiger partial charge in [-0.25, -0.2) is 0 Å². The minimum Gasteiger partial charge on any atom is -0.489 e. The molecule has 3 rings (SSSR count). The van der Waals surface area contributed by atoms with Gasteiger partial charge >= 0.3 is 0 Å². The molecule has 0 heterocycles. The van der Waals surface area contributed by atoms with Crippen molar-refractivity contribution in [1.29, 1.82) is 0 Å². The number of hydrogen-bond acceptors (Lipinski definition) is 2. The Hall–Kier alpha value is -2.32. The number of hydrogen-bond donors (Lipinski definition) is 0. The Morgan fingerprint density at radius 3 is 2.28 bits per heavy atom. The molecule has 0 amide bonds. The molecule has 0 aliphatic carbocycles. The van der Waals surface area contributed by atoms with Crippen molar-refractivity contribution in [3.05, 3.63) is 77.9 Å². The summed E-state index contributed by atoms with van der Waals surface area (Å²) in [6.45, 7) is 6.14. The maximum absolute atomic E-state index is 5.96. The summed E-state index contributed by atoms with van der Waals surface area (Å²) in [4.78, 5) is 2.37. The Balaban J connectivity index is 1.59. The van der Waals surface area contributed by atoms with Crippen LogP contribution in [-0.4, -0.2) is 24.5 Å². The molecule has 130 valence electrons. The fourth-order valence-electron chi connectivity index (χ4n) is 3.03. The molecule has 0 aromatic heterocycles. The maximum atomic E-state index is 5.96. The standard InChI is InChI=1S/C23H27NO/c1-4-24(3)18(2)15-19-10-13-23(14-11-19)25-17-20-9-12-21-7-5-6-8-22(21)16-20/h5-14,16,18H,4,15,17H2,1-3H3/t18-/m1/s1. The molecule has 2 heteroatoms. The normalized spacial score (nSPS) is 12.5. The van der Waals surface area contributed by atoms with Crippen molar-refractivity contribution in [3.8, 4) is 5.75 Å². The summed E-state index contributed by atoms with van der Waals surface area (Å²) in [5.74, 6) is 0.924. The van der Waals surface area contributed by atoms with E-state index in [1.807, 2.05) is 0 Å². The van der Waals surface area contributed by atoms with Crippen LogP contribution in [0, 0.1) is 0 Å². The number of likely N-dealkylation sites (N-methyl/N-ethyl adjacent to an activating group) is 1. The Morgan fingerprint density at radius 1 is 0.880 bits per heavy atom. The summed E-state index contributed by atoms with van der Waals surface area (Å²) in [5, 5.41) is 2.52. The first kappa shape index (κ1) is 17.5. The van der Waals surface area contributed by atoms with Gasteiger partial charge in [-0.3, -0.25) is 0 Å². The van der Waals surface area contributed by atoms with Crippen molar-refractivity contribution < 1.29 is 4.74 Å². The summed E-state index contributed by atoms with van der Waals surface area (Å²) in [6, 6.07) is 24.0. The van der Waals surface area contributed by atoms with Gasteiger partial charge in [0.25, 0.3) is 0 Å². The molecule has 2 nitrogen and oxygen atoms in total. The largest absolute Gasteiger partial charge is 0.489 e. The SMILES string of the molecule is CCN(C)[C@H](C)Cc1ccc(OCc2ccc3ccccc3c2)cc1. The molecule has 0 unspecified atom stereocenters. The summed E-state index contributed by atoms with van der Waals surface area (Å²) in [7, 11) is 2.17. The van der Waals surface area contributed by atoms with Crippen molar-refractivity contribution in [2.24, 2.45) is 0 Å². The van der Waals surface area contributed by atoms with Crippen LogP contribution in [-0.2, 0) is 13.0 Å². The van der Waals surface area contributed by atoms with Crippen molar-refractivity contribution in [2.45, 2.75) is 32.9 Å². The smallest absolute Gasteiger partial charge is 0.119 e. The molecular formula is C23H27NO. The lowest BCUT2D eigenvalue weighted by molar-refractivity contribution is 0.269. The van der Waals surface area contributed by atoms with E-state index < -0.39 is 0 Å². The zero-order valence-corrected chi connectivity index (χ0v) is 15.4. The van der Waals surface area contributed by atoms with Crippen LogP contribution in [0.5, 0.6) is 5.75 Å². The van der Waals surface area contributed by atoms with Gasteiger partial charge in [0.05, 0.1) is 0 Å². The van der Waals surface area contributed by atoms with E-state index in [9.17, 15) is 0 Å². The molecule has 0 radical (unpaired) electrons. The molecule has 0 saturated carbocycles. The monoisotopic (exact) mass is 333 g/mol. The lowest BCUT2D eigenvalue weighted by Crippen LogP contribution is -2.30. The average molecular weight is 333 g/mol. The first-order chi connectivity index (χ1) is 12.2. The van der Waals surface area contributed by atoms with Gasteiger partial charge in [0.2, 0.25) is 0 Å². The van der Waals surface area contributed by atoms with E-state index in [0.717, 1.165) is 18.7 Å². The van der Waals surface area contributed by atoms with Crippen LogP contribution in [0.4, 0.5) is 0 Å². The molecule has 1 atom stereocenters. The second-order valence-electron chi connectivity index (χ2n) is 6.74. The third kappa shape index (κ3) is 4.61. The fraction of sp³-hybridized carbons (Fsp3) is 0.304. The van der Waals surface area contributed by atoms with Gasteiger partial charge in [0.15, 0.2) is 0 Å². The van der Waals surface area contributed by atoms with Gasteiger partial charge in [0.1, 0.15) is 12.4 Å². The van der Waals surface area contributed by atoms with Crippen LogP contribution in [0.25, 0.3) is 10.8 Å². The van der Waals surface area contributed by atoms with Gasteiger partial charge in [-0.2, -0.15) is 0 Å². The summed E-state index contributed by atoms with van der Waals surface area (Å²) in [6.07, 6.45) is 1.06. The Bertz CT molecular complexity index is 810. The highest BCUT2D eigenvalue weighted by Crippen LogP contribution is 2.19. The second kappa shape index (κ2) is 8.17. The molecule has 3 aromatic rings. The summed E-state index contributed by atoms with van der Waals surface area (Å²) < 4.78 is 5.96. The molecule has 0 aliphatic heterocycles. The summed E-state index contributed by atoms with van der Waals surface area (Å²) in [5.41, 5.74) is 2.55. The molecule has 0 saturated heterocycles. The van der Waals surface area contributed by atoms with Crippen LogP contribution in [0.1, 0.15) is 25.0 Å².